The summed E-state index contributed by atoms with van der Waals surface area (Å²) < 4.78 is 4.97. The molecule has 0 heterocycles. The van der Waals surface area contributed by atoms with Crippen LogP contribution >= 0.6 is 0 Å². The number of rotatable bonds is 6. The molecule has 0 aliphatic rings. The van der Waals surface area contributed by atoms with E-state index in [9.17, 15) is 4.79 Å². The number of anilines is 1. The van der Waals surface area contributed by atoms with Gasteiger partial charge in [-0.1, -0.05) is 12.1 Å². The first-order valence-electron chi connectivity index (χ1n) is 5.76. The van der Waals surface area contributed by atoms with Gasteiger partial charge in [0.2, 0.25) is 0 Å². The van der Waals surface area contributed by atoms with Gasteiger partial charge in [0, 0.05) is 18.5 Å². The maximum atomic E-state index is 11.3. The molecule has 0 saturated heterocycles. The summed E-state index contributed by atoms with van der Waals surface area (Å²) in [6.45, 7) is 1.94. The van der Waals surface area contributed by atoms with E-state index >= 15 is 0 Å². The standard InChI is InChI=1S/C13H19NO3/c1-10(15)7-8-17-13(16)6-5-11-3-2-4-12(14)9-11/h2-4,9-10,15H,5-8,14H2,1H3. The predicted molar refractivity (Wildman–Crippen MR) is 66.4 cm³/mol. The van der Waals surface area contributed by atoms with Gasteiger partial charge in [-0.3, -0.25) is 4.79 Å². The van der Waals surface area contributed by atoms with Crippen LogP contribution in [0.5, 0.6) is 0 Å². The molecular weight excluding hydrogens is 218 g/mol. The van der Waals surface area contributed by atoms with Crippen molar-refractivity contribution in [2.45, 2.75) is 32.3 Å². The summed E-state index contributed by atoms with van der Waals surface area (Å²) in [4.78, 5) is 11.3. The van der Waals surface area contributed by atoms with E-state index in [4.69, 9.17) is 15.6 Å². The molecule has 1 unspecified atom stereocenters. The Labute approximate surface area is 101 Å². The molecule has 1 rings (SSSR count). The molecule has 1 aromatic rings. The number of aliphatic hydroxyl groups is 1. The summed E-state index contributed by atoms with van der Waals surface area (Å²) in [6.07, 6.45) is 1.00. The molecule has 0 aliphatic heterocycles. The monoisotopic (exact) mass is 237 g/mol. The Kier molecular flexibility index (Phi) is 5.49. The first-order valence-corrected chi connectivity index (χ1v) is 5.76. The second-order valence-electron chi connectivity index (χ2n) is 4.10. The van der Waals surface area contributed by atoms with E-state index in [1.165, 1.54) is 0 Å². The van der Waals surface area contributed by atoms with Crippen molar-refractivity contribution in [3.63, 3.8) is 0 Å². The largest absolute Gasteiger partial charge is 0.466 e. The highest BCUT2D eigenvalue weighted by molar-refractivity contribution is 5.69. The van der Waals surface area contributed by atoms with Crippen LogP contribution in [0.25, 0.3) is 0 Å². The highest BCUT2D eigenvalue weighted by Gasteiger charge is 2.04. The number of carbonyl (C=O) groups is 1. The summed E-state index contributed by atoms with van der Waals surface area (Å²) in [7, 11) is 0. The molecule has 94 valence electrons. The molecule has 0 saturated carbocycles. The van der Waals surface area contributed by atoms with Crippen molar-refractivity contribution < 1.29 is 14.6 Å². The molecule has 0 aromatic heterocycles. The van der Waals surface area contributed by atoms with Gasteiger partial charge in [0.15, 0.2) is 0 Å². The molecule has 1 aromatic carbocycles. The van der Waals surface area contributed by atoms with Gasteiger partial charge in [0.05, 0.1) is 12.7 Å². The Morgan fingerprint density at radius 1 is 1.53 bits per heavy atom. The average Bonchev–Trinajstić information content (AvgIpc) is 2.26. The van der Waals surface area contributed by atoms with Crippen LogP contribution in [0.3, 0.4) is 0 Å². The zero-order valence-corrected chi connectivity index (χ0v) is 10.1. The molecule has 0 bridgehead atoms. The number of hydrogen-bond donors (Lipinski definition) is 2. The summed E-state index contributed by atoms with van der Waals surface area (Å²) in [5.41, 5.74) is 7.36. The lowest BCUT2D eigenvalue weighted by Crippen LogP contribution is -2.11. The lowest BCUT2D eigenvalue weighted by Gasteiger charge is -2.06. The molecule has 4 heteroatoms. The van der Waals surface area contributed by atoms with Crippen LogP contribution in [0.4, 0.5) is 5.69 Å². The van der Waals surface area contributed by atoms with Crippen molar-refractivity contribution in [2.24, 2.45) is 0 Å². The molecule has 0 aliphatic carbocycles. The maximum Gasteiger partial charge on any atom is 0.306 e. The van der Waals surface area contributed by atoms with Crippen molar-refractivity contribution in [2.75, 3.05) is 12.3 Å². The fraction of sp³-hybridized carbons (Fsp3) is 0.462. The van der Waals surface area contributed by atoms with Crippen molar-refractivity contribution >= 4 is 11.7 Å². The van der Waals surface area contributed by atoms with Crippen LogP contribution in [0.2, 0.25) is 0 Å². The summed E-state index contributed by atoms with van der Waals surface area (Å²) in [5.74, 6) is -0.243. The maximum absolute atomic E-state index is 11.3. The zero-order chi connectivity index (χ0) is 12.7. The number of hydrogen-bond acceptors (Lipinski definition) is 4. The number of ether oxygens (including phenoxy) is 1. The first-order chi connectivity index (χ1) is 8.08. The van der Waals surface area contributed by atoms with Crippen LogP contribution < -0.4 is 5.73 Å². The van der Waals surface area contributed by atoms with Crippen LogP contribution in [0.15, 0.2) is 24.3 Å². The van der Waals surface area contributed by atoms with E-state index < -0.39 is 6.10 Å². The van der Waals surface area contributed by atoms with Gasteiger partial charge < -0.3 is 15.6 Å². The molecule has 0 radical (unpaired) electrons. The molecule has 0 fully saturated rings. The number of carbonyl (C=O) groups excluding carboxylic acids is 1. The van der Waals surface area contributed by atoms with Crippen LogP contribution in [-0.2, 0) is 16.0 Å². The minimum absolute atomic E-state index is 0.243. The van der Waals surface area contributed by atoms with Gasteiger partial charge in [-0.05, 0) is 31.0 Å². The highest BCUT2D eigenvalue weighted by Crippen LogP contribution is 2.09. The van der Waals surface area contributed by atoms with Gasteiger partial charge in [0.25, 0.3) is 0 Å². The van der Waals surface area contributed by atoms with Gasteiger partial charge in [-0.2, -0.15) is 0 Å². The summed E-state index contributed by atoms with van der Waals surface area (Å²) in [6, 6.07) is 7.45. The van der Waals surface area contributed by atoms with Crippen LogP contribution in [-0.4, -0.2) is 23.8 Å². The lowest BCUT2D eigenvalue weighted by molar-refractivity contribution is -0.144. The highest BCUT2D eigenvalue weighted by atomic mass is 16.5. The fourth-order valence-corrected chi connectivity index (χ4v) is 1.41. The second-order valence-corrected chi connectivity index (χ2v) is 4.10. The second kappa shape index (κ2) is 6.91. The van der Waals surface area contributed by atoms with Gasteiger partial charge in [-0.25, -0.2) is 0 Å². The minimum Gasteiger partial charge on any atom is -0.466 e. The number of aryl methyl sites for hydroxylation is 1. The third kappa shape index (κ3) is 5.92. The predicted octanol–water partition coefficient (Wildman–Crippen LogP) is 1.52. The van der Waals surface area contributed by atoms with E-state index in [2.05, 4.69) is 0 Å². The SMILES string of the molecule is CC(O)CCOC(=O)CCc1cccc(N)c1. The Morgan fingerprint density at radius 2 is 2.29 bits per heavy atom. The Bertz CT molecular complexity index is 363. The normalized spacial score (nSPS) is 12.1. The molecule has 1 atom stereocenters. The van der Waals surface area contributed by atoms with E-state index in [-0.39, 0.29) is 12.6 Å². The first kappa shape index (κ1) is 13.5. The minimum atomic E-state index is -0.434. The number of benzene rings is 1. The van der Waals surface area contributed by atoms with Crippen molar-refractivity contribution in [1.82, 2.24) is 0 Å². The third-order valence-electron chi connectivity index (χ3n) is 2.37. The Balaban J connectivity index is 2.24. The Hall–Kier alpha value is -1.55. The number of nitrogens with two attached hydrogens (primary N) is 1. The topological polar surface area (TPSA) is 72.5 Å². The number of aliphatic hydroxyl groups excluding tert-OH is 1. The molecule has 0 amide bonds. The summed E-state index contributed by atoms with van der Waals surface area (Å²) >= 11 is 0. The van der Waals surface area contributed by atoms with E-state index in [0.717, 1.165) is 5.56 Å². The third-order valence-corrected chi connectivity index (χ3v) is 2.37. The molecule has 4 nitrogen and oxygen atoms in total. The van der Waals surface area contributed by atoms with E-state index in [0.29, 0.717) is 24.9 Å². The van der Waals surface area contributed by atoms with Gasteiger partial charge in [0.1, 0.15) is 0 Å². The molecule has 3 N–H and O–H groups in total. The van der Waals surface area contributed by atoms with E-state index in [1.54, 1.807) is 6.92 Å². The van der Waals surface area contributed by atoms with Crippen molar-refractivity contribution in [3.05, 3.63) is 29.8 Å². The number of nitrogen functional groups attached to an aromatic ring is 1. The Morgan fingerprint density at radius 3 is 2.94 bits per heavy atom. The quantitative estimate of drug-likeness (QED) is 0.581. The average molecular weight is 237 g/mol. The molecular formula is C13H19NO3. The molecule has 0 spiro atoms. The summed E-state index contributed by atoms with van der Waals surface area (Å²) in [5, 5.41) is 9.00. The van der Waals surface area contributed by atoms with Gasteiger partial charge >= 0.3 is 5.97 Å². The lowest BCUT2D eigenvalue weighted by atomic mass is 10.1. The van der Waals surface area contributed by atoms with Crippen LogP contribution in [0.1, 0.15) is 25.3 Å². The van der Waals surface area contributed by atoms with Crippen LogP contribution in [0, 0.1) is 0 Å². The van der Waals surface area contributed by atoms with Crippen molar-refractivity contribution in [3.8, 4) is 0 Å². The number of esters is 1. The fourth-order valence-electron chi connectivity index (χ4n) is 1.41. The smallest absolute Gasteiger partial charge is 0.306 e. The van der Waals surface area contributed by atoms with Gasteiger partial charge in [-0.15, -0.1) is 0 Å². The molecule has 17 heavy (non-hydrogen) atoms. The zero-order valence-electron chi connectivity index (χ0n) is 10.1. The van der Waals surface area contributed by atoms with Crippen molar-refractivity contribution in [1.29, 1.82) is 0 Å². The van der Waals surface area contributed by atoms with E-state index in [1.807, 2.05) is 24.3 Å².